The number of hydrogen-bond acceptors (Lipinski definition) is 4. The van der Waals surface area contributed by atoms with Gasteiger partial charge in [-0.1, -0.05) is 12.1 Å². The Morgan fingerprint density at radius 2 is 1.07 bits per heavy atom. The van der Waals surface area contributed by atoms with Gasteiger partial charge < -0.3 is 9.47 Å². The third-order valence-corrected chi connectivity index (χ3v) is 3.07. The first kappa shape index (κ1) is 20.3. The van der Waals surface area contributed by atoms with Gasteiger partial charge >= 0.3 is 24.3 Å². The summed E-state index contributed by atoms with van der Waals surface area (Å²) < 4.78 is 84.7. The highest BCUT2D eigenvalue weighted by Crippen LogP contribution is 2.32. The predicted octanol–water partition coefficient (Wildman–Crippen LogP) is 4.63. The van der Waals surface area contributed by atoms with E-state index in [-0.39, 0.29) is 0 Å². The van der Waals surface area contributed by atoms with Crippen LogP contribution < -0.4 is 9.47 Å². The number of carbonyl (C=O) groups is 2. The minimum atomic E-state index is -4.65. The Labute approximate surface area is 148 Å². The van der Waals surface area contributed by atoms with Crippen LogP contribution in [-0.4, -0.2) is 11.9 Å². The number of rotatable bonds is 4. The highest BCUT2D eigenvalue weighted by Gasteiger charge is 2.31. The SMILES string of the molecule is O=C(CC(=O)Oc1cccc(C(F)(F)F)c1)Oc1cccc(C(F)(F)F)c1. The van der Waals surface area contributed by atoms with E-state index in [1.165, 1.54) is 0 Å². The van der Waals surface area contributed by atoms with Crippen molar-refractivity contribution in [3.8, 4) is 11.5 Å². The standard InChI is InChI=1S/C17H10F6O4/c18-16(19,20)10-3-1-5-12(7-10)26-14(24)9-15(25)27-13-6-2-4-11(8-13)17(21,22)23/h1-8H,9H2. The van der Waals surface area contributed by atoms with E-state index in [2.05, 4.69) is 9.47 Å². The summed E-state index contributed by atoms with van der Waals surface area (Å²) in [7, 11) is 0. The van der Waals surface area contributed by atoms with Gasteiger partial charge in [-0.15, -0.1) is 0 Å². The molecule has 2 aromatic carbocycles. The molecule has 0 amide bonds. The van der Waals surface area contributed by atoms with E-state index in [0.29, 0.717) is 12.1 Å². The van der Waals surface area contributed by atoms with Crippen LogP contribution in [0, 0.1) is 0 Å². The third-order valence-electron chi connectivity index (χ3n) is 3.07. The average molecular weight is 392 g/mol. The van der Waals surface area contributed by atoms with Gasteiger partial charge in [0.25, 0.3) is 0 Å². The molecule has 0 saturated heterocycles. The second kappa shape index (κ2) is 7.68. The van der Waals surface area contributed by atoms with Crippen LogP contribution in [-0.2, 0) is 21.9 Å². The molecule has 0 aliphatic carbocycles. The molecular formula is C17H10F6O4. The Hall–Kier alpha value is -3.04. The van der Waals surface area contributed by atoms with Gasteiger partial charge in [0, 0.05) is 0 Å². The molecule has 2 rings (SSSR count). The number of esters is 2. The second-order valence-electron chi connectivity index (χ2n) is 5.18. The third kappa shape index (κ3) is 6.01. The van der Waals surface area contributed by atoms with Crippen LogP contribution in [0.25, 0.3) is 0 Å². The predicted molar refractivity (Wildman–Crippen MR) is 78.8 cm³/mol. The van der Waals surface area contributed by atoms with Crippen molar-refractivity contribution in [1.29, 1.82) is 0 Å². The van der Waals surface area contributed by atoms with Crippen molar-refractivity contribution >= 4 is 11.9 Å². The van der Waals surface area contributed by atoms with Crippen LogP contribution in [0.5, 0.6) is 11.5 Å². The molecule has 27 heavy (non-hydrogen) atoms. The summed E-state index contributed by atoms with van der Waals surface area (Å²) in [6.45, 7) is 0. The average Bonchev–Trinajstić information content (AvgIpc) is 2.53. The highest BCUT2D eigenvalue weighted by atomic mass is 19.4. The summed E-state index contributed by atoms with van der Waals surface area (Å²) in [5, 5.41) is 0. The molecule has 0 saturated carbocycles. The number of alkyl halides is 6. The lowest BCUT2D eigenvalue weighted by atomic mass is 10.2. The topological polar surface area (TPSA) is 52.6 Å². The quantitative estimate of drug-likeness (QED) is 0.330. The molecule has 0 unspecified atom stereocenters. The fourth-order valence-electron chi connectivity index (χ4n) is 1.92. The number of halogens is 6. The zero-order valence-corrected chi connectivity index (χ0v) is 13.2. The Balaban J connectivity index is 1.98. The minimum Gasteiger partial charge on any atom is -0.426 e. The maximum absolute atomic E-state index is 12.6. The lowest BCUT2D eigenvalue weighted by Crippen LogP contribution is -2.18. The normalized spacial score (nSPS) is 11.8. The maximum atomic E-state index is 12.6. The molecule has 0 radical (unpaired) electrons. The van der Waals surface area contributed by atoms with Crippen LogP contribution in [0.15, 0.2) is 48.5 Å². The van der Waals surface area contributed by atoms with E-state index in [1.54, 1.807) is 0 Å². The van der Waals surface area contributed by atoms with Crippen molar-refractivity contribution in [1.82, 2.24) is 0 Å². The Morgan fingerprint density at radius 1 is 0.704 bits per heavy atom. The van der Waals surface area contributed by atoms with E-state index in [4.69, 9.17) is 0 Å². The lowest BCUT2D eigenvalue weighted by Gasteiger charge is -2.10. The van der Waals surface area contributed by atoms with Gasteiger partial charge in [-0.3, -0.25) is 9.59 Å². The minimum absolute atomic E-state index is 0.443. The van der Waals surface area contributed by atoms with Crippen LogP contribution in [0.3, 0.4) is 0 Å². The van der Waals surface area contributed by atoms with E-state index in [9.17, 15) is 35.9 Å². The molecule has 144 valence electrons. The molecule has 2 aromatic rings. The summed E-state index contributed by atoms with van der Waals surface area (Å²) in [5.74, 6) is -3.35. The van der Waals surface area contributed by atoms with Crippen LogP contribution in [0.2, 0.25) is 0 Å². The molecular weight excluding hydrogens is 382 g/mol. The molecule has 0 atom stereocenters. The largest absolute Gasteiger partial charge is 0.426 e. The first-order chi connectivity index (χ1) is 12.4. The van der Waals surface area contributed by atoms with Gasteiger partial charge in [0.2, 0.25) is 0 Å². The van der Waals surface area contributed by atoms with Gasteiger partial charge in [0.15, 0.2) is 0 Å². The van der Waals surface area contributed by atoms with E-state index in [0.717, 1.165) is 36.4 Å². The number of ether oxygens (including phenoxy) is 2. The fourth-order valence-corrected chi connectivity index (χ4v) is 1.92. The van der Waals surface area contributed by atoms with Crippen molar-refractivity contribution in [2.45, 2.75) is 18.8 Å². The van der Waals surface area contributed by atoms with Crippen molar-refractivity contribution in [3.63, 3.8) is 0 Å². The molecule has 0 bridgehead atoms. The van der Waals surface area contributed by atoms with Crippen molar-refractivity contribution in [2.24, 2.45) is 0 Å². The number of carbonyl (C=O) groups excluding carboxylic acids is 2. The molecule has 10 heteroatoms. The van der Waals surface area contributed by atoms with Crippen LogP contribution in [0.1, 0.15) is 17.5 Å². The second-order valence-corrected chi connectivity index (χ2v) is 5.18. The fraction of sp³-hybridized carbons (Fsp3) is 0.176. The highest BCUT2D eigenvalue weighted by molar-refractivity contribution is 5.93. The van der Waals surface area contributed by atoms with Gasteiger partial charge in [-0.25, -0.2) is 0 Å². The molecule has 0 fully saturated rings. The van der Waals surface area contributed by atoms with Gasteiger partial charge in [-0.05, 0) is 36.4 Å². The molecule has 0 aliphatic heterocycles. The first-order valence-corrected chi connectivity index (χ1v) is 7.21. The summed E-state index contributed by atoms with van der Waals surface area (Å²) in [6.07, 6.45) is -10.3. The summed E-state index contributed by atoms with van der Waals surface area (Å²) >= 11 is 0. The van der Waals surface area contributed by atoms with Crippen molar-refractivity contribution < 1.29 is 45.4 Å². The molecule has 0 N–H and O–H groups in total. The molecule has 4 nitrogen and oxygen atoms in total. The molecule has 0 aliphatic rings. The monoisotopic (exact) mass is 392 g/mol. The Kier molecular flexibility index (Phi) is 5.77. The Bertz CT molecular complexity index is 772. The molecule has 0 heterocycles. The maximum Gasteiger partial charge on any atom is 0.416 e. The van der Waals surface area contributed by atoms with Gasteiger partial charge in [-0.2, -0.15) is 26.3 Å². The van der Waals surface area contributed by atoms with E-state index >= 15 is 0 Å². The van der Waals surface area contributed by atoms with E-state index in [1.807, 2.05) is 0 Å². The zero-order chi connectivity index (χ0) is 20.2. The molecule has 0 aromatic heterocycles. The summed E-state index contributed by atoms with van der Waals surface area (Å²) in [5.41, 5.74) is -2.11. The summed E-state index contributed by atoms with van der Waals surface area (Å²) in [4.78, 5) is 23.2. The molecule has 0 spiro atoms. The van der Waals surface area contributed by atoms with E-state index < -0.39 is 53.3 Å². The van der Waals surface area contributed by atoms with Gasteiger partial charge in [0.1, 0.15) is 17.9 Å². The first-order valence-electron chi connectivity index (χ1n) is 7.21. The van der Waals surface area contributed by atoms with Crippen LogP contribution in [0.4, 0.5) is 26.3 Å². The van der Waals surface area contributed by atoms with Crippen LogP contribution >= 0.6 is 0 Å². The zero-order valence-electron chi connectivity index (χ0n) is 13.2. The number of benzene rings is 2. The van der Waals surface area contributed by atoms with Crippen molar-refractivity contribution in [2.75, 3.05) is 0 Å². The number of hydrogen-bond donors (Lipinski definition) is 0. The van der Waals surface area contributed by atoms with Gasteiger partial charge in [0.05, 0.1) is 11.1 Å². The smallest absolute Gasteiger partial charge is 0.416 e. The Morgan fingerprint density at radius 3 is 1.41 bits per heavy atom. The lowest BCUT2D eigenvalue weighted by molar-refractivity contribution is -0.145. The summed E-state index contributed by atoms with van der Waals surface area (Å²) in [6, 6.07) is 6.82. The van der Waals surface area contributed by atoms with Crippen molar-refractivity contribution in [3.05, 3.63) is 59.7 Å².